The summed E-state index contributed by atoms with van der Waals surface area (Å²) in [6.45, 7) is 6.06. The first-order chi connectivity index (χ1) is 22.7. The molecule has 0 N–H and O–H groups in total. The van der Waals surface area contributed by atoms with Crippen molar-refractivity contribution in [3.63, 3.8) is 0 Å². The van der Waals surface area contributed by atoms with Crippen LogP contribution >= 0.6 is 0 Å². The van der Waals surface area contributed by atoms with Gasteiger partial charge in [0.15, 0.2) is 0 Å². The third kappa shape index (κ3) is 23.5. The van der Waals surface area contributed by atoms with E-state index in [9.17, 15) is 19.2 Å². The van der Waals surface area contributed by atoms with E-state index in [1.807, 2.05) is 6.07 Å². The van der Waals surface area contributed by atoms with E-state index >= 15 is 0 Å². The molecule has 1 aromatic rings. The van der Waals surface area contributed by atoms with Gasteiger partial charge in [-0.2, -0.15) is 0 Å². The minimum atomic E-state index is -0.731. The molecule has 0 saturated carbocycles. The fraction of sp³-hybridized carbons (Fsp3) is 0.722. The highest BCUT2D eigenvalue weighted by atomic mass is 16.7. The fourth-order valence-electron chi connectivity index (χ4n) is 4.76. The van der Waals surface area contributed by atoms with Crippen LogP contribution in [0.2, 0.25) is 0 Å². The zero-order valence-corrected chi connectivity index (χ0v) is 29.3. The number of hydrogen-bond acceptors (Lipinski definition) is 11. The quantitative estimate of drug-likeness (QED) is 0.0475. The summed E-state index contributed by atoms with van der Waals surface area (Å²) in [5.74, 6) is -1.56. The Kier molecular flexibility index (Phi) is 24.4. The van der Waals surface area contributed by atoms with Gasteiger partial charge in [-0.05, 0) is 12.8 Å². The molecule has 0 saturated heterocycles. The first-order valence-corrected chi connectivity index (χ1v) is 17.5. The van der Waals surface area contributed by atoms with Crippen molar-refractivity contribution in [2.45, 2.75) is 130 Å². The van der Waals surface area contributed by atoms with Gasteiger partial charge in [0.25, 0.3) is 0 Å². The molecule has 0 fully saturated rings. The lowest BCUT2D eigenvalue weighted by Gasteiger charge is -2.24. The summed E-state index contributed by atoms with van der Waals surface area (Å²) in [7, 11) is 0. The van der Waals surface area contributed by atoms with E-state index in [0.717, 1.165) is 25.7 Å². The van der Waals surface area contributed by atoms with Crippen molar-refractivity contribution >= 4 is 29.6 Å². The zero-order chi connectivity index (χ0) is 34.5. The molecular formula is C36H59NO10. The predicted octanol–water partition coefficient (Wildman–Crippen LogP) is 7.66. The number of benzene rings is 1. The van der Waals surface area contributed by atoms with Gasteiger partial charge in [-0.3, -0.25) is 19.2 Å². The number of unbranched alkanes of at least 4 members (excludes halogenated alkanes) is 14. The molecule has 0 aromatic heterocycles. The molecule has 47 heavy (non-hydrogen) atoms. The van der Waals surface area contributed by atoms with Crippen molar-refractivity contribution in [3.05, 3.63) is 18.2 Å². The second kappa shape index (κ2) is 27.6. The Labute approximate surface area is 281 Å². The van der Waals surface area contributed by atoms with E-state index in [-0.39, 0.29) is 13.1 Å². The molecule has 0 spiro atoms. The van der Waals surface area contributed by atoms with Crippen LogP contribution < -0.4 is 14.4 Å². The molecule has 0 heterocycles. The summed E-state index contributed by atoms with van der Waals surface area (Å²) in [4.78, 5) is 48.9. The summed E-state index contributed by atoms with van der Waals surface area (Å²) in [6, 6.07) is 5.27. The molecule has 0 aliphatic heterocycles. The lowest BCUT2D eigenvalue weighted by molar-refractivity contribution is -0.165. The Morgan fingerprint density at radius 2 is 0.872 bits per heavy atom. The maximum absolute atomic E-state index is 12.6. The van der Waals surface area contributed by atoms with Gasteiger partial charge in [0.2, 0.25) is 13.6 Å². The van der Waals surface area contributed by atoms with Gasteiger partial charge in [-0.25, -0.2) is 0 Å². The van der Waals surface area contributed by atoms with Crippen LogP contribution in [0.5, 0.6) is 11.5 Å². The number of carbonyl (C=O) groups is 4. The van der Waals surface area contributed by atoms with Gasteiger partial charge in [0, 0.05) is 37.7 Å². The average molecular weight is 666 g/mol. The summed E-state index contributed by atoms with van der Waals surface area (Å²) < 4.78 is 31.7. The Morgan fingerprint density at radius 1 is 0.511 bits per heavy atom. The van der Waals surface area contributed by atoms with Crippen molar-refractivity contribution in [3.8, 4) is 11.5 Å². The van der Waals surface area contributed by atoms with E-state index in [1.165, 1.54) is 95.8 Å². The van der Waals surface area contributed by atoms with Crippen LogP contribution in [0.15, 0.2) is 18.2 Å². The Hall–Kier alpha value is -3.50. The first-order valence-electron chi connectivity index (χ1n) is 17.5. The van der Waals surface area contributed by atoms with E-state index in [4.69, 9.17) is 28.4 Å². The Balaban J connectivity index is 2.97. The van der Waals surface area contributed by atoms with E-state index in [0.29, 0.717) is 30.4 Å². The molecule has 11 heteroatoms. The molecular weight excluding hydrogens is 606 g/mol. The normalized spacial score (nSPS) is 10.6. The van der Waals surface area contributed by atoms with Crippen LogP contribution in [0, 0.1) is 0 Å². The lowest BCUT2D eigenvalue weighted by Crippen LogP contribution is -2.36. The second-order valence-electron chi connectivity index (χ2n) is 11.7. The smallest absolute Gasteiger partial charge is 0.328 e. The van der Waals surface area contributed by atoms with Gasteiger partial charge < -0.3 is 33.3 Å². The third-order valence-corrected chi connectivity index (χ3v) is 7.37. The van der Waals surface area contributed by atoms with E-state index < -0.39 is 37.5 Å². The predicted molar refractivity (Wildman–Crippen MR) is 180 cm³/mol. The molecule has 0 unspecified atom stereocenters. The molecule has 0 amide bonds. The van der Waals surface area contributed by atoms with Gasteiger partial charge in [0.05, 0.1) is 13.2 Å². The fourth-order valence-corrected chi connectivity index (χ4v) is 4.76. The molecule has 0 radical (unpaired) electrons. The maximum atomic E-state index is 12.6. The molecule has 0 aliphatic carbocycles. The maximum Gasteiger partial charge on any atom is 0.328 e. The molecule has 0 aliphatic rings. The van der Waals surface area contributed by atoms with Crippen LogP contribution in [0.25, 0.3) is 0 Å². The summed E-state index contributed by atoms with van der Waals surface area (Å²) in [6.07, 6.45) is 18.9. The minimum absolute atomic E-state index is 0.358. The summed E-state index contributed by atoms with van der Waals surface area (Å²) >= 11 is 0. The number of hydrogen-bond donors (Lipinski definition) is 0. The molecule has 1 aromatic carbocycles. The highest BCUT2D eigenvalue weighted by Gasteiger charge is 2.20. The van der Waals surface area contributed by atoms with Crippen LogP contribution in [0.1, 0.15) is 130 Å². The van der Waals surface area contributed by atoms with Crippen molar-refractivity contribution in [2.24, 2.45) is 0 Å². The molecule has 1 rings (SSSR count). The highest BCUT2D eigenvalue weighted by Crippen LogP contribution is 2.30. The zero-order valence-electron chi connectivity index (χ0n) is 29.3. The van der Waals surface area contributed by atoms with Gasteiger partial charge >= 0.3 is 23.9 Å². The average Bonchev–Trinajstić information content (AvgIpc) is 3.02. The number of carbonyl (C=O) groups excluding carboxylic acids is 4. The standard InChI is InChI=1S/C36H59NO10/c1-5-7-9-11-13-15-17-19-21-42-33-23-32(24-34(25-33)43-22-20-18-16-14-12-10-8-6-2)37(26-35(40)46-28-44-30(3)38)27-36(41)47-29-45-31(4)39/h23-25H,5-22,26-29H2,1-4H3. The Morgan fingerprint density at radius 3 is 1.23 bits per heavy atom. The van der Waals surface area contributed by atoms with Crippen molar-refractivity contribution in [1.82, 2.24) is 0 Å². The van der Waals surface area contributed by atoms with Crippen LogP contribution in [-0.4, -0.2) is 63.8 Å². The van der Waals surface area contributed by atoms with E-state index in [1.54, 1.807) is 12.1 Å². The molecule has 0 bridgehead atoms. The molecule has 0 atom stereocenters. The number of ether oxygens (including phenoxy) is 6. The van der Waals surface area contributed by atoms with Gasteiger partial charge in [-0.15, -0.1) is 0 Å². The topological polar surface area (TPSA) is 127 Å². The number of anilines is 1. The second-order valence-corrected chi connectivity index (χ2v) is 11.7. The van der Waals surface area contributed by atoms with Crippen LogP contribution in [-0.2, 0) is 38.1 Å². The molecule has 268 valence electrons. The van der Waals surface area contributed by atoms with Crippen molar-refractivity contribution in [1.29, 1.82) is 0 Å². The lowest BCUT2D eigenvalue weighted by atomic mass is 10.1. The Bertz CT molecular complexity index is 941. The third-order valence-electron chi connectivity index (χ3n) is 7.37. The summed E-state index contributed by atoms with van der Waals surface area (Å²) in [5, 5.41) is 0. The van der Waals surface area contributed by atoms with Crippen LogP contribution in [0.3, 0.4) is 0 Å². The number of nitrogens with zero attached hydrogens (tertiary/aromatic N) is 1. The highest BCUT2D eigenvalue weighted by molar-refractivity contribution is 5.82. The van der Waals surface area contributed by atoms with Gasteiger partial charge in [0.1, 0.15) is 24.6 Å². The largest absolute Gasteiger partial charge is 0.493 e. The van der Waals surface area contributed by atoms with Crippen molar-refractivity contribution in [2.75, 3.05) is 44.8 Å². The first kappa shape index (κ1) is 41.5. The number of esters is 4. The van der Waals surface area contributed by atoms with Crippen LogP contribution in [0.4, 0.5) is 5.69 Å². The minimum Gasteiger partial charge on any atom is -0.493 e. The SMILES string of the molecule is CCCCCCCCCCOc1cc(OCCCCCCCCCC)cc(N(CC(=O)OCOC(C)=O)CC(=O)OCOC(C)=O)c1. The molecule has 11 nitrogen and oxygen atoms in total. The monoisotopic (exact) mass is 665 g/mol. The van der Waals surface area contributed by atoms with Gasteiger partial charge in [-0.1, -0.05) is 104 Å². The van der Waals surface area contributed by atoms with Crippen molar-refractivity contribution < 1.29 is 47.6 Å². The summed E-state index contributed by atoms with van der Waals surface area (Å²) in [5.41, 5.74) is 0.471. The van der Waals surface area contributed by atoms with E-state index in [2.05, 4.69) is 13.8 Å². The number of rotatable bonds is 29.